The zero-order chi connectivity index (χ0) is 28.0. The minimum atomic E-state index is -1.86. The monoisotopic (exact) mass is 533 g/mol. The lowest BCUT2D eigenvalue weighted by molar-refractivity contribution is -0.148. The molecule has 8 nitrogen and oxygen atoms in total. The standard InChI is InChI=1S/C29H25F2N3O5/c1-3-23-32-24(38-2)17-25(33-23)39-26(28(36)37)29(19-10-6-4-7-11-19,20-12-8-5-9-13-20)34-27(35)18-14-15-21(30)22(31)16-18/h4-17,26H,3H2,1-2H3,(H,34,35)(H,36,37). The molecule has 200 valence electrons. The molecule has 2 N–H and O–H groups in total. The second-order valence-corrected chi connectivity index (χ2v) is 8.48. The molecular weight excluding hydrogens is 508 g/mol. The van der Waals surface area contributed by atoms with Crippen molar-refractivity contribution in [1.29, 1.82) is 0 Å². The highest BCUT2D eigenvalue weighted by atomic mass is 19.2. The maximum atomic E-state index is 14.0. The lowest BCUT2D eigenvalue weighted by Gasteiger charge is -2.40. The largest absolute Gasteiger partial charge is 0.481 e. The minimum Gasteiger partial charge on any atom is -0.481 e. The van der Waals surface area contributed by atoms with Crippen molar-refractivity contribution in [2.45, 2.75) is 25.0 Å². The molecule has 39 heavy (non-hydrogen) atoms. The van der Waals surface area contributed by atoms with Gasteiger partial charge in [-0.25, -0.2) is 13.6 Å². The van der Waals surface area contributed by atoms with Crippen LogP contribution in [0.1, 0.15) is 34.2 Å². The van der Waals surface area contributed by atoms with Crippen molar-refractivity contribution in [3.05, 3.63) is 119 Å². The van der Waals surface area contributed by atoms with Gasteiger partial charge in [0.05, 0.1) is 13.2 Å². The van der Waals surface area contributed by atoms with Crippen molar-refractivity contribution in [3.63, 3.8) is 0 Å². The highest BCUT2D eigenvalue weighted by Crippen LogP contribution is 2.36. The summed E-state index contributed by atoms with van der Waals surface area (Å²) in [7, 11) is 1.40. The van der Waals surface area contributed by atoms with Crippen LogP contribution in [0.25, 0.3) is 0 Å². The van der Waals surface area contributed by atoms with Crippen LogP contribution in [0.15, 0.2) is 84.9 Å². The van der Waals surface area contributed by atoms with Gasteiger partial charge < -0.3 is 19.9 Å². The number of hydrogen-bond donors (Lipinski definition) is 2. The van der Waals surface area contributed by atoms with E-state index < -0.39 is 35.2 Å². The first kappa shape index (κ1) is 27.2. The molecule has 0 aliphatic carbocycles. The van der Waals surface area contributed by atoms with Crippen molar-refractivity contribution in [3.8, 4) is 11.8 Å². The fourth-order valence-corrected chi connectivity index (χ4v) is 4.19. The number of carbonyl (C=O) groups is 2. The summed E-state index contributed by atoms with van der Waals surface area (Å²) in [5.41, 5.74) is -1.36. The number of amides is 1. The van der Waals surface area contributed by atoms with Gasteiger partial charge in [0.15, 0.2) is 11.6 Å². The van der Waals surface area contributed by atoms with Gasteiger partial charge >= 0.3 is 5.97 Å². The summed E-state index contributed by atoms with van der Waals surface area (Å²) < 4.78 is 38.9. The first-order chi connectivity index (χ1) is 18.8. The molecule has 1 aromatic heterocycles. The summed E-state index contributed by atoms with van der Waals surface area (Å²) in [6.45, 7) is 1.81. The molecule has 1 heterocycles. The van der Waals surface area contributed by atoms with Crippen molar-refractivity contribution < 1.29 is 33.0 Å². The normalized spacial score (nSPS) is 11.9. The van der Waals surface area contributed by atoms with Gasteiger partial charge in [-0.3, -0.25) is 4.79 Å². The quantitative estimate of drug-likeness (QED) is 0.308. The molecule has 3 aromatic carbocycles. The van der Waals surface area contributed by atoms with Crippen LogP contribution in [0.5, 0.6) is 11.8 Å². The summed E-state index contributed by atoms with van der Waals surface area (Å²) in [5.74, 6) is -4.21. The van der Waals surface area contributed by atoms with Gasteiger partial charge in [-0.15, -0.1) is 0 Å². The number of carboxylic acid groups (broad SMARTS) is 1. The Labute approximate surface area is 223 Å². The van der Waals surface area contributed by atoms with E-state index in [9.17, 15) is 23.5 Å². The van der Waals surface area contributed by atoms with Crippen LogP contribution < -0.4 is 14.8 Å². The third-order valence-corrected chi connectivity index (χ3v) is 6.06. The Kier molecular flexibility index (Phi) is 8.14. The number of aliphatic carboxylic acids is 1. The van der Waals surface area contributed by atoms with Crippen LogP contribution in [0.3, 0.4) is 0 Å². The van der Waals surface area contributed by atoms with E-state index in [-0.39, 0.29) is 17.3 Å². The molecule has 1 atom stereocenters. The number of ether oxygens (including phenoxy) is 2. The number of aromatic nitrogens is 2. The topological polar surface area (TPSA) is 111 Å². The average molecular weight is 534 g/mol. The van der Waals surface area contributed by atoms with E-state index in [0.29, 0.717) is 23.4 Å². The number of benzene rings is 3. The van der Waals surface area contributed by atoms with Gasteiger partial charge in [0.1, 0.15) is 11.4 Å². The van der Waals surface area contributed by atoms with Crippen LogP contribution in [-0.2, 0) is 16.8 Å². The number of rotatable bonds is 10. The minimum absolute atomic E-state index is 0.0931. The molecule has 0 saturated heterocycles. The summed E-state index contributed by atoms with van der Waals surface area (Å²) >= 11 is 0. The maximum Gasteiger partial charge on any atom is 0.348 e. The van der Waals surface area contributed by atoms with E-state index >= 15 is 0 Å². The Morgan fingerprint density at radius 1 is 0.897 bits per heavy atom. The van der Waals surface area contributed by atoms with Gasteiger partial charge in [-0.1, -0.05) is 67.6 Å². The molecule has 0 radical (unpaired) electrons. The van der Waals surface area contributed by atoms with Crippen LogP contribution in [0.2, 0.25) is 0 Å². The number of nitrogens with one attached hydrogen (secondary N) is 1. The van der Waals surface area contributed by atoms with Gasteiger partial charge in [0, 0.05) is 12.0 Å². The Balaban J connectivity index is 1.94. The first-order valence-electron chi connectivity index (χ1n) is 12.0. The number of nitrogens with zero attached hydrogens (tertiary/aromatic N) is 2. The third-order valence-electron chi connectivity index (χ3n) is 6.06. The second-order valence-electron chi connectivity index (χ2n) is 8.48. The highest BCUT2D eigenvalue weighted by Gasteiger charge is 2.50. The Morgan fingerprint density at radius 3 is 2.00 bits per heavy atom. The molecular formula is C29H25F2N3O5. The van der Waals surface area contributed by atoms with E-state index in [1.54, 1.807) is 60.7 Å². The second kappa shape index (κ2) is 11.7. The van der Waals surface area contributed by atoms with Gasteiger partial charge in [-0.05, 0) is 29.3 Å². The predicted octanol–water partition coefficient (Wildman–Crippen LogP) is 4.53. The van der Waals surface area contributed by atoms with E-state index in [1.165, 1.54) is 13.2 Å². The average Bonchev–Trinajstić information content (AvgIpc) is 2.96. The van der Waals surface area contributed by atoms with Crippen molar-refractivity contribution in [2.24, 2.45) is 0 Å². The van der Waals surface area contributed by atoms with Crippen molar-refractivity contribution in [2.75, 3.05) is 7.11 Å². The fraction of sp³-hybridized carbons (Fsp3) is 0.172. The third kappa shape index (κ3) is 5.69. The lowest BCUT2D eigenvalue weighted by Crippen LogP contribution is -2.59. The fourth-order valence-electron chi connectivity index (χ4n) is 4.19. The van der Waals surface area contributed by atoms with E-state index in [1.807, 2.05) is 6.92 Å². The van der Waals surface area contributed by atoms with Gasteiger partial charge in [0.25, 0.3) is 5.91 Å². The van der Waals surface area contributed by atoms with Gasteiger partial charge in [0.2, 0.25) is 17.9 Å². The Hall–Kier alpha value is -4.86. The van der Waals surface area contributed by atoms with Crippen LogP contribution in [-0.4, -0.2) is 40.2 Å². The summed E-state index contributed by atoms with van der Waals surface area (Å²) in [6.07, 6.45) is -1.37. The number of carbonyl (C=O) groups excluding carboxylic acids is 1. The Morgan fingerprint density at radius 2 is 1.49 bits per heavy atom. The van der Waals surface area contributed by atoms with Crippen LogP contribution >= 0.6 is 0 Å². The number of hydrogen-bond acceptors (Lipinski definition) is 6. The number of methoxy groups -OCH3 is 1. The van der Waals surface area contributed by atoms with Gasteiger partial charge in [-0.2, -0.15) is 9.97 Å². The molecule has 1 amide bonds. The summed E-state index contributed by atoms with van der Waals surface area (Å²) in [5, 5.41) is 13.3. The first-order valence-corrected chi connectivity index (χ1v) is 12.0. The van der Waals surface area contributed by atoms with Crippen molar-refractivity contribution in [1.82, 2.24) is 15.3 Å². The van der Waals surface area contributed by atoms with Crippen LogP contribution in [0.4, 0.5) is 8.78 Å². The molecule has 0 spiro atoms. The predicted molar refractivity (Wildman–Crippen MR) is 138 cm³/mol. The molecule has 4 aromatic rings. The molecule has 0 aliphatic rings. The molecule has 10 heteroatoms. The smallest absolute Gasteiger partial charge is 0.348 e. The molecule has 4 rings (SSSR count). The number of halogens is 2. The summed E-state index contributed by atoms with van der Waals surface area (Å²) in [4.78, 5) is 35.0. The molecule has 0 aliphatic heterocycles. The Bertz CT molecular complexity index is 1410. The molecule has 1 unspecified atom stereocenters. The lowest BCUT2D eigenvalue weighted by atomic mass is 9.77. The number of aryl methyl sites for hydroxylation is 1. The zero-order valence-corrected chi connectivity index (χ0v) is 21.1. The molecule has 0 fully saturated rings. The van der Waals surface area contributed by atoms with Crippen LogP contribution in [0, 0.1) is 11.6 Å². The molecule has 0 bridgehead atoms. The summed E-state index contributed by atoms with van der Waals surface area (Å²) in [6, 6.07) is 20.7. The molecule has 0 saturated carbocycles. The number of carboxylic acids is 1. The van der Waals surface area contributed by atoms with E-state index in [2.05, 4.69) is 15.3 Å². The maximum absolute atomic E-state index is 14.0. The van der Waals surface area contributed by atoms with E-state index in [4.69, 9.17) is 9.47 Å². The van der Waals surface area contributed by atoms with Crippen molar-refractivity contribution >= 4 is 11.9 Å². The SMILES string of the molecule is CCc1nc(OC)cc(OC(C(=O)O)C(NC(=O)c2ccc(F)c(F)c2)(c2ccccc2)c2ccccc2)n1. The van der Waals surface area contributed by atoms with E-state index in [0.717, 1.165) is 18.2 Å². The highest BCUT2D eigenvalue weighted by molar-refractivity contribution is 5.96. The zero-order valence-electron chi connectivity index (χ0n) is 21.1.